The van der Waals surface area contributed by atoms with Gasteiger partial charge in [-0.15, -0.1) is 0 Å². The molecule has 1 aromatic carbocycles. The third-order valence-electron chi connectivity index (χ3n) is 5.96. The summed E-state index contributed by atoms with van der Waals surface area (Å²) in [5, 5.41) is 3.81. The number of anilines is 1. The van der Waals surface area contributed by atoms with Crippen LogP contribution in [0.2, 0.25) is 0 Å². The molecule has 0 heterocycles. The first-order valence-electron chi connectivity index (χ1n) is 8.25. The summed E-state index contributed by atoms with van der Waals surface area (Å²) in [6, 6.07) is 6.72. The average Bonchev–Trinajstić information content (AvgIpc) is 2.50. The maximum Gasteiger partial charge on any atom is 0.145 e. The fourth-order valence-corrected chi connectivity index (χ4v) is 5.26. The van der Waals surface area contributed by atoms with Gasteiger partial charge in [-0.2, -0.15) is 0 Å². The molecule has 5 rings (SSSR count). The summed E-state index contributed by atoms with van der Waals surface area (Å²) in [7, 11) is 3.43. The highest BCUT2D eigenvalue weighted by Crippen LogP contribution is 2.54. The predicted molar refractivity (Wildman–Crippen MR) is 84.0 cm³/mol. The van der Waals surface area contributed by atoms with E-state index in [1.165, 1.54) is 32.1 Å². The molecule has 0 radical (unpaired) electrons. The monoisotopic (exact) mass is 287 g/mol. The standard InChI is InChI=1S/C18H25NO2/c1-20-15-3-4-16(17(10-15)21-2)19-18-13-6-11-5-12(8-13)9-14(18)7-11/h3-4,10-14,18-19H,5-9H2,1-2H3. The van der Waals surface area contributed by atoms with Crippen LogP contribution < -0.4 is 14.8 Å². The van der Waals surface area contributed by atoms with Crippen molar-refractivity contribution in [1.82, 2.24) is 0 Å². The number of hydrogen-bond acceptors (Lipinski definition) is 3. The largest absolute Gasteiger partial charge is 0.497 e. The Kier molecular flexibility index (Phi) is 3.24. The third kappa shape index (κ3) is 2.27. The Morgan fingerprint density at radius 1 is 0.905 bits per heavy atom. The molecule has 0 aliphatic heterocycles. The van der Waals surface area contributed by atoms with Crippen LogP contribution in [0.1, 0.15) is 32.1 Å². The van der Waals surface area contributed by atoms with E-state index in [0.717, 1.165) is 40.9 Å². The van der Waals surface area contributed by atoms with E-state index in [1.54, 1.807) is 14.2 Å². The van der Waals surface area contributed by atoms with Crippen LogP contribution in [0.25, 0.3) is 0 Å². The van der Waals surface area contributed by atoms with Gasteiger partial charge in [0.15, 0.2) is 0 Å². The summed E-state index contributed by atoms with van der Waals surface area (Å²) >= 11 is 0. The summed E-state index contributed by atoms with van der Waals surface area (Å²) in [5.41, 5.74) is 1.12. The zero-order valence-corrected chi connectivity index (χ0v) is 13.0. The molecule has 0 spiro atoms. The number of ether oxygens (including phenoxy) is 2. The Labute approximate surface area is 127 Å². The van der Waals surface area contributed by atoms with E-state index in [1.807, 2.05) is 12.1 Å². The highest BCUT2D eigenvalue weighted by Gasteiger charge is 2.48. The second-order valence-electron chi connectivity index (χ2n) is 7.17. The number of hydrogen-bond donors (Lipinski definition) is 1. The van der Waals surface area contributed by atoms with Crippen LogP contribution in [0, 0.1) is 23.7 Å². The van der Waals surface area contributed by atoms with Crippen LogP contribution in [-0.4, -0.2) is 20.3 Å². The Balaban J connectivity index is 1.56. The molecule has 4 fully saturated rings. The van der Waals surface area contributed by atoms with Crippen LogP contribution in [0.5, 0.6) is 11.5 Å². The fourth-order valence-electron chi connectivity index (χ4n) is 5.26. The van der Waals surface area contributed by atoms with Crippen molar-refractivity contribution < 1.29 is 9.47 Å². The van der Waals surface area contributed by atoms with Gasteiger partial charge in [0, 0.05) is 12.1 Å². The van der Waals surface area contributed by atoms with E-state index in [-0.39, 0.29) is 0 Å². The van der Waals surface area contributed by atoms with Crippen LogP contribution in [0.3, 0.4) is 0 Å². The topological polar surface area (TPSA) is 30.5 Å². The first kappa shape index (κ1) is 13.3. The van der Waals surface area contributed by atoms with Gasteiger partial charge in [0.1, 0.15) is 11.5 Å². The summed E-state index contributed by atoms with van der Waals surface area (Å²) in [5.74, 6) is 5.51. The molecule has 21 heavy (non-hydrogen) atoms. The molecule has 1 aromatic rings. The molecule has 3 heteroatoms. The molecule has 0 aromatic heterocycles. The second kappa shape index (κ2) is 5.11. The molecule has 0 amide bonds. The molecular formula is C18H25NO2. The Hall–Kier alpha value is -1.38. The van der Waals surface area contributed by atoms with Gasteiger partial charge in [-0.3, -0.25) is 0 Å². The predicted octanol–water partition coefficient (Wildman–Crippen LogP) is 3.94. The Bertz CT molecular complexity index is 500. The smallest absolute Gasteiger partial charge is 0.145 e. The van der Waals surface area contributed by atoms with Gasteiger partial charge >= 0.3 is 0 Å². The highest BCUT2D eigenvalue weighted by atomic mass is 16.5. The minimum absolute atomic E-state index is 0.639. The summed E-state index contributed by atoms with van der Waals surface area (Å²) in [4.78, 5) is 0. The lowest BCUT2D eigenvalue weighted by Gasteiger charge is -2.54. The number of nitrogens with one attached hydrogen (secondary N) is 1. The first-order chi connectivity index (χ1) is 10.3. The minimum Gasteiger partial charge on any atom is -0.497 e. The van der Waals surface area contributed by atoms with E-state index < -0.39 is 0 Å². The molecule has 3 nitrogen and oxygen atoms in total. The average molecular weight is 287 g/mol. The Morgan fingerprint density at radius 2 is 1.57 bits per heavy atom. The van der Waals surface area contributed by atoms with E-state index in [2.05, 4.69) is 11.4 Å². The lowest BCUT2D eigenvalue weighted by Crippen LogP contribution is -2.51. The van der Waals surface area contributed by atoms with Crippen molar-refractivity contribution in [2.45, 2.75) is 38.1 Å². The van der Waals surface area contributed by atoms with Gasteiger partial charge in [-0.25, -0.2) is 0 Å². The molecule has 4 saturated carbocycles. The van der Waals surface area contributed by atoms with E-state index >= 15 is 0 Å². The van der Waals surface area contributed by atoms with Gasteiger partial charge < -0.3 is 14.8 Å². The van der Waals surface area contributed by atoms with Crippen molar-refractivity contribution in [3.8, 4) is 11.5 Å². The molecule has 0 unspecified atom stereocenters. The number of methoxy groups -OCH3 is 2. The van der Waals surface area contributed by atoms with Crippen molar-refractivity contribution in [1.29, 1.82) is 0 Å². The SMILES string of the molecule is COc1ccc(NC2C3CC4CC(C3)CC2C4)c(OC)c1. The van der Waals surface area contributed by atoms with Crippen molar-refractivity contribution in [3.05, 3.63) is 18.2 Å². The molecule has 4 aliphatic carbocycles. The zero-order chi connectivity index (χ0) is 14.4. The van der Waals surface area contributed by atoms with E-state index in [4.69, 9.17) is 9.47 Å². The van der Waals surface area contributed by atoms with Crippen LogP contribution in [-0.2, 0) is 0 Å². The fraction of sp³-hybridized carbons (Fsp3) is 0.667. The normalized spacial score (nSPS) is 36.6. The van der Waals surface area contributed by atoms with Gasteiger partial charge in [0.25, 0.3) is 0 Å². The molecular weight excluding hydrogens is 262 g/mol. The maximum atomic E-state index is 5.54. The maximum absolute atomic E-state index is 5.54. The molecule has 0 atom stereocenters. The zero-order valence-electron chi connectivity index (χ0n) is 13.0. The molecule has 4 aliphatic rings. The first-order valence-corrected chi connectivity index (χ1v) is 8.25. The quantitative estimate of drug-likeness (QED) is 0.910. The van der Waals surface area contributed by atoms with Crippen molar-refractivity contribution in [2.24, 2.45) is 23.7 Å². The number of rotatable bonds is 4. The Morgan fingerprint density at radius 3 is 2.14 bits per heavy atom. The highest BCUT2D eigenvalue weighted by molar-refractivity contribution is 5.60. The molecule has 4 bridgehead atoms. The van der Waals surface area contributed by atoms with Crippen LogP contribution in [0.4, 0.5) is 5.69 Å². The minimum atomic E-state index is 0.639. The van der Waals surface area contributed by atoms with E-state index in [9.17, 15) is 0 Å². The summed E-state index contributed by atoms with van der Waals surface area (Å²) < 4.78 is 10.8. The van der Waals surface area contributed by atoms with E-state index in [0.29, 0.717) is 6.04 Å². The second-order valence-corrected chi connectivity index (χ2v) is 7.17. The molecule has 0 saturated heterocycles. The van der Waals surface area contributed by atoms with Gasteiger partial charge in [0.05, 0.1) is 19.9 Å². The lowest BCUT2D eigenvalue weighted by atomic mass is 9.54. The van der Waals surface area contributed by atoms with Crippen LogP contribution >= 0.6 is 0 Å². The van der Waals surface area contributed by atoms with Gasteiger partial charge in [-0.1, -0.05) is 0 Å². The number of benzene rings is 1. The molecule has 1 N–H and O–H groups in total. The van der Waals surface area contributed by atoms with Gasteiger partial charge in [0.2, 0.25) is 0 Å². The third-order valence-corrected chi connectivity index (χ3v) is 5.96. The van der Waals surface area contributed by atoms with Crippen molar-refractivity contribution >= 4 is 5.69 Å². The molecule has 114 valence electrons. The lowest BCUT2D eigenvalue weighted by molar-refractivity contribution is 0.00748. The van der Waals surface area contributed by atoms with Crippen molar-refractivity contribution in [3.63, 3.8) is 0 Å². The summed E-state index contributed by atoms with van der Waals surface area (Å²) in [6.45, 7) is 0. The van der Waals surface area contributed by atoms with Crippen molar-refractivity contribution in [2.75, 3.05) is 19.5 Å². The van der Waals surface area contributed by atoms with Crippen LogP contribution in [0.15, 0.2) is 18.2 Å². The van der Waals surface area contributed by atoms with Gasteiger partial charge in [-0.05, 0) is 67.9 Å². The summed E-state index contributed by atoms with van der Waals surface area (Å²) in [6.07, 6.45) is 7.24.